The number of sulfonamides is 1. The molecule has 7 heteroatoms. The highest BCUT2D eigenvalue weighted by Gasteiger charge is 2.23. The van der Waals surface area contributed by atoms with E-state index in [1.54, 1.807) is 13.1 Å². The Balaban J connectivity index is 1.56. The summed E-state index contributed by atoms with van der Waals surface area (Å²) in [4.78, 5) is 6.54. The third kappa shape index (κ3) is 4.35. The van der Waals surface area contributed by atoms with Gasteiger partial charge in [0, 0.05) is 25.8 Å². The first-order valence-corrected chi connectivity index (χ1v) is 9.85. The predicted molar refractivity (Wildman–Crippen MR) is 95.5 cm³/mol. The van der Waals surface area contributed by atoms with Gasteiger partial charge in [-0.3, -0.25) is 4.98 Å². The van der Waals surface area contributed by atoms with Crippen molar-refractivity contribution in [3.63, 3.8) is 0 Å². The third-order valence-corrected chi connectivity index (χ3v) is 6.20. The average molecular weight is 363 g/mol. The monoisotopic (exact) mass is 363 g/mol. The van der Waals surface area contributed by atoms with E-state index in [9.17, 15) is 12.8 Å². The second-order valence-electron chi connectivity index (χ2n) is 6.40. The zero-order valence-corrected chi connectivity index (χ0v) is 15.0. The number of hydrogen-bond donors (Lipinski definition) is 1. The van der Waals surface area contributed by atoms with E-state index in [4.69, 9.17) is 0 Å². The lowest BCUT2D eigenvalue weighted by atomic mass is 9.97. The van der Waals surface area contributed by atoms with Crippen LogP contribution in [-0.4, -0.2) is 33.0 Å². The Bertz CT molecular complexity index is 819. The van der Waals surface area contributed by atoms with Crippen molar-refractivity contribution in [1.82, 2.24) is 9.71 Å². The fourth-order valence-corrected chi connectivity index (χ4v) is 4.50. The van der Waals surface area contributed by atoms with Crippen LogP contribution in [0.1, 0.15) is 18.4 Å². The minimum Gasteiger partial charge on any atom is -0.370 e. The fourth-order valence-electron chi connectivity index (χ4n) is 3.16. The molecule has 134 valence electrons. The van der Waals surface area contributed by atoms with E-state index in [2.05, 4.69) is 14.6 Å². The lowest BCUT2D eigenvalue weighted by molar-refractivity contribution is 0.402. The van der Waals surface area contributed by atoms with Crippen molar-refractivity contribution in [3.8, 4) is 0 Å². The molecule has 0 aliphatic carbocycles. The van der Waals surface area contributed by atoms with Gasteiger partial charge in [-0.15, -0.1) is 0 Å². The van der Waals surface area contributed by atoms with E-state index in [0.717, 1.165) is 31.6 Å². The van der Waals surface area contributed by atoms with E-state index in [0.29, 0.717) is 18.0 Å². The van der Waals surface area contributed by atoms with Gasteiger partial charge in [-0.25, -0.2) is 17.5 Å². The molecule has 0 amide bonds. The van der Waals surface area contributed by atoms with Crippen LogP contribution < -0.4 is 9.62 Å². The molecule has 0 unspecified atom stereocenters. The number of anilines is 1. The molecule has 0 atom stereocenters. The van der Waals surface area contributed by atoms with Crippen LogP contribution in [0.3, 0.4) is 0 Å². The molecule has 1 aromatic carbocycles. The maximum Gasteiger partial charge on any atom is 0.240 e. The van der Waals surface area contributed by atoms with Crippen LogP contribution in [0.4, 0.5) is 10.1 Å². The van der Waals surface area contributed by atoms with Gasteiger partial charge >= 0.3 is 0 Å². The lowest BCUT2D eigenvalue weighted by Gasteiger charge is -2.33. The van der Waals surface area contributed by atoms with Crippen LogP contribution in [0.25, 0.3) is 0 Å². The molecule has 2 aromatic rings. The summed E-state index contributed by atoms with van der Waals surface area (Å²) >= 11 is 0. The second-order valence-corrected chi connectivity index (χ2v) is 8.14. The molecule has 5 nitrogen and oxygen atoms in total. The molecular weight excluding hydrogens is 341 g/mol. The number of piperidine rings is 1. The van der Waals surface area contributed by atoms with Gasteiger partial charge in [-0.2, -0.15) is 0 Å². The smallest absolute Gasteiger partial charge is 0.240 e. The van der Waals surface area contributed by atoms with Gasteiger partial charge in [0.15, 0.2) is 0 Å². The van der Waals surface area contributed by atoms with E-state index in [1.807, 2.05) is 18.3 Å². The van der Waals surface area contributed by atoms with Gasteiger partial charge in [0.2, 0.25) is 10.0 Å². The number of hydrogen-bond acceptors (Lipinski definition) is 4. The maximum atomic E-state index is 13.2. The van der Waals surface area contributed by atoms with Gasteiger partial charge in [0.05, 0.1) is 16.8 Å². The Labute approximate surface area is 147 Å². The Morgan fingerprint density at radius 3 is 2.68 bits per heavy atom. The van der Waals surface area contributed by atoms with Gasteiger partial charge in [0.1, 0.15) is 5.82 Å². The Morgan fingerprint density at radius 2 is 2.04 bits per heavy atom. The predicted octanol–water partition coefficient (Wildman–Crippen LogP) is 2.72. The van der Waals surface area contributed by atoms with Crippen molar-refractivity contribution in [1.29, 1.82) is 0 Å². The highest BCUT2D eigenvalue weighted by Crippen LogP contribution is 2.23. The van der Waals surface area contributed by atoms with E-state index in [1.165, 1.54) is 18.2 Å². The molecule has 1 saturated heterocycles. The first kappa shape index (κ1) is 17.8. The van der Waals surface area contributed by atoms with Crippen molar-refractivity contribution in [2.75, 3.05) is 24.5 Å². The number of rotatable bonds is 5. The molecular formula is C18H22FN3O2S. The van der Waals surface area contributed by atoms with Gasteiger partial charge in [-0.1, -0.05) is 0 Å². The van der Waals surface area contributed by atoms with Crippen molar-refractivity contribution >= 4 is 15.7 Å². The first-order chi connectivity index (χ1) is 12.0. The summed E-state index contributed by atoms with van der Waals surface area (Å²) < 4.78 is 40.7. The van der Waals surface area contributed by atoms with Crippen LogP contribution in [0, 0.1) is 18.7 Å². The van der Waals surface area contributed by atoms with Gasteiger partial charge < -0.3 is 4.90 Å². The molecule has 1 aliphatic rings. The SMILES string of the molecule is Cc1cc(F)ccc1S(=O)(=O)NCC1CCN(c2cccnc2)CC1. The molecule has 0 spiro atoms. The maximum absolute atomic E-state index is 13.2. The largest absolute Gasteiger partial charge is 0.370 e. The molecule has 2 heterocycles. The topological polar surface area (TPSA) is 62.3 Å². The number of aryl methyl sites for hydroxylation is 1. The highest BCUT2D eigenvalue weighted by atomic mass is 32.2. The molecule has 1 aromatic heterocycles. The average Bonchev–Trinajstić information content (AvgIpc) is 2.61. The van der Waals surface area contributed by atoms with Crippen molar-refractivity contribution in [2.24, 2.45) is 5.92 Å². The molecule has 3 rings (SSSR count). The lowest BCUT2D eigenvalue weighted by Crippen LogP contribution is -2.38. The molecule has 0 saturated carbocycles. The molecule has 0 radical (unpaired) electrons. The van der Waals surface area contributed by atoms with Crippen LogP contribution in [0.5, 0.6) is 0 Å². The molecule has 1 N–H and O–H groups in total. The molecule has 1 fully saturated rings. The second kappa shape index (κ2) is 7.49. The zero-order valence-electron chi connectivity index (χ0n) is 14.2. The normalized spacial score (nSPS) is 16.2. The van der Waals surface area contributed by atoms with Crippen LogP contribution in [0.15, 0.2) is 47.6 Å². The third-order valence-electron chi connectivity index (χ3n) is 4.61. The minimum absolute atomic E-state index is 0.140. The van der Waals surface area contributed by atoms with Gasteiger partial charge in [-0.05, 0) is 61.6 Å². The van der Waals surface area contributed by atoms with E-state index >= 15 is 0 Å². The molecule has 0 bridgehead atoms. The van der Waals surface area contributed by atoms with Crippen LogP contribution in [-0.2, 0) is 10.0 Å². The van der Waals surface area contributed by atoms with Gasteiger partial charge in [0.25, 0.3) is 0 Å². The fraction of sp³-hybridized carbons (Fsp3) is 0.389. The van der Waals surface area contributed by atoms with Crippen molar-refractivity contribution in [3.05, 3.63) is 54.1 Å². The number of aromatic nitrogens is 1. The molecule has 25 heavy (non-hydrogen) atoms. The summed E-state index contributed by atoms with van der Waals surface area (Å²) in [5, 5.41) is 0. The standard InChI is InChI=1S/C18H22FN3O2S/c1-14-11-16(19)4-5-18(14)25(23,24)21-12-15-6-9-22(10-7-15)17-3-2-8-20-13-17/h2-5,8,11,13,15,21H,6-7,9-10,12H2,1H3. The number of benzene rings is 1. The number of halogens is 1. The summed E-state index contributed by atoms with van der Waals surface area (Å²) in [6, 6.07) is 7.68. The first-order valence-electron chi connectivity index (χ1n) is 8.36. The van der Waals surface area contributed by atoms with Crippen LogP contribution in [0.2, 0.25) is 0 Å². The number of pyridine rings is 1. The highest BCUT2D eigenvalue weighted by molar-refractivity contribution is 7.89. The Hall–Kier alpha value is -1.99. The number of nitrogens with zero attached hydrogens (tertiary/aromatic N) is 2. The van der Waals surface area contributed by atoms with Crippen LogP contribution >= 0.6 is 0 Å². The molecule has 1 aliphatic heterocycles. The van der Waals surface area contributed by atoms with Crippen molar-refractivity contribution in [2.45, 2.75) is 24.7 Å². The summed E-state index contributed by atoms with van der Waals surface area (Å²) in [7, 11) is -3.61. The van der Waals surface area contributed by atoms with Crippen molar-refractivity contribution < 1.29 is 12.8 Å². The zero-order chi connectivity index (χ0) is 17.9. The quantitative estimate of drug-likeness (QED) is 0.887. The minimum atomic E-state index is -3.61. The summed E-state index contributed by atoms with van der Waals surface area (Å²) in [6.45, 7) is 3.77. The number of nitrogens with one attached hydrogen (secondary N) is 1. The summed E-state index contributed by atoms with van der Waals surface area (Å²) in [5.74, 6) is -0.136. The van der Waals surface area contributed by atoms with E-state index in [-0.39, 0.29) is 4.90 Å². The Kier molecular flexibility index (Phi) is 5.34. The summed E-state index contributed by atoms with van der Waals surface area (Å²) in [6.07, 6.45) is 5.43. The summed E-state index contributed by atoms with van der Waals surface area (Å²) in [5.41, 5.74) is 1.52. The van der Waals surface area contributed by atoms with E-state index < -0.39 is 15.8 Å². The Morgan fingerprint density at radius 1 is 1.28 bits per heavy atom.